The van der Waals surface area contributed by atoms with Gasteiger partial charge in [-0.3, -0.25) is 4.98 Å². The van der Waals surface area contributed by atoms with Gasteiger partial charge in [0.25, 0.3) is 0 Å². The first-order valence-corrected chi connectivity index (χ1v) is 9.62. The third-order valence-corrected chi connectivity index (χ3v) is 4.37. The van der Waals surface area contributed by atoms with Gasteiger partial charge in [0.15, 0.2) is 5.65 Å². The molecule has 3 aromatic rings. The van der Waals surface area contributed by atoms with E-state index in [1.807, 2.05) is 43.1 Å². The fourth-order valence-corrected chi connectivity index (χ4v) is 3.06. The number of anilines is 1. The van der Waals surface area contributed by atoms with E-state index in [1.54, 1.807) is 33.2 Å². The molecular weight excluding hydrogens is 370 g/mol. The number of aromatic nitrogens is 4. The number of hydrogen-bond donors (Lipinski definition) is 0. The van der Waals surface area contributed by atoms with Gasteiger partial charge in [0.1, 0.15) is 5.60 Å². The molecule has 8 nitrogen and oxygen atoms in total. The number of fused-ring (bicyclic) bond motifs is 1. The Bertz CT molecular complexity index is 1060. The average molecular weight is 397 g/mol. The van der Waals surface area contributed by atoms with Crippen molar-refractivity contribution in [2.24, 2.45) is 0 Å². The van der Waals surface area contributed by atoms with Gasteiger partial charge in [-0.25, -0.2) is 14.0 Å². The smallest absolute Gasteiger partial charge is 0.439 e. The lowest BCUT2D eigenvalue weighted by Gasteiger charge is -2.20. The Morgan fingerprint density at radius 3 is 2.69 bits per heavy atom. The molecule has 0 amide bonds. The van der Waals surface area contributed by atoms with E-state index in [0.717, 1.165) is 41.0 Å². The van der Waals surface area contributed by atoms with Crippen molar-refractivity contribution >= 4 is 17.4 Å². The number of ether oxygens (including phenoxy) is 1. The van der Waals surface area contributed by atoms with E-state index in [9.17, 15) is 9.59 Å². The molecule has 0 fully saturated rings. The fraction of sp³-hybridized carbons (Fsp3) is 0.429. The molecule has 0 N–H and O–H groups in total. The van der Waals surface area contributed by atoms with Crippen molar-refractivity contribution in [1.29, 1.82) is 0 Å². The van der Waals surface area contributed by atoms with Crippen molar-refractivity contribution < 1.29 is 9.53 Å². The van der Waals surface area contributed by atoms with Crippen LogP contribution in [0.4, 0.5) is 10.5 Å². The summed E-state index contributed by atoms with van der Waals surface area (Å²) in [5, 5.41) is 4.26. The predicted octanol–water partition coefficient (Wildman–Crippen LogP) is 3.05. The van der Waals surface area contributed by atoms with Gasteiger partial charge in [0, 0.05) is 31.7 Å². The fourth-order valence-electron chi connectivity index (χ4n) is 3.06. The Morgan fingerprint density at radius 2 is 2.03 bits per heavy atom. The van der Waals surface area contributed by atoms with Gasteiger partial charge in [0.2, 0.25) is 0 Å². The van der Waals surface area contributed by atoms with Crippen LogP contribution in [0.1, 0.15) is 38.4 Å². The van der Waals surface area contributed by atoms with Gasteiger partial charge in [-0.15, -0.1) is 9.78 Å². The van der Waals surface area contributed by atoms with Gasteiger partial charge < -0.3 is 9.64 Å². The first-order valence-electron chi connectivity index (χ1n) is 9.62. The molecule has 0 atom stereocenters. The lowest BCUT2D eigenvalue weighted by molar-refractivity contribution is 0.0508. The molecule has 3 aromatic heterocycles. The summed E-state index contributed by atoms with van der Waals surface area (Å²) in [5.74, 6) is 0. The van der Waals surface area contributed by atoms with E-state index in [1.165, 1.54) is 4.40 Å². The number of aryl methyl sites for hydroxylation is 2. The Balaban J connectivity index is 1.86. The Hall–Kier alpha value is -3.16. The van der Waals surface area contributed by atoms with Crippen LogP contribution < -0.4 is 10.6 Å². The Kier molecular flexibility index (Phi) is 5.72. The van der Waals surface area contributed by atoms with Gasteiger partial charge >= 0.3 is 11.8 Å². The summed E-state index contributed by atoms with van der Waals surface area (Å²) in [6, 6.07) is 7.85. The second-order valence-corrected chi connectivity index (χ2v) is 8.12. The predicted molar refractivity (Wildman–Crippen MR) is 112 cm³/mol. The first kappa shape index (κ1) is 20.6. The molecule has 8 heteroatoms. The SMILES string of the molecule is Cc1cc(N(C)CCCc2ccccn2)c2nn(C(=O)OC(C)(C)C)c(=O)n2c1. The highest BCUT2D eigenvalue weighted by Gasteiger charge is 2.23. The quantitative estimate of drug-likeness (QED) is 0.658. The minimum absolute atomic E-state index is 0.423. The molecule has 0 unspecified atom stereocenters. The summed E-state index contributed by atoms with van der Waals surface area (Å²) in [4.78, 5) is 31.5. The summed E-state index contributed by atoms with van der Waals surface area (Å²) < 4.78 is 7.48. The lowest BCUT2D eigenvalue weighted by atomic mass is 10.2. The zero-order valence-electron chi connectivity index (χ0n) is 17.5. The molecule has 0 spiro atoms. The van der Waals surface area contributed by atoms with Gasteiger partial charge in [-0.05, 0) is 64.3 Å². The summed E-state index contributed by atoms with van der Waals surface area (Å²) in [5.41, 5.74) is 1.89. The van der Waals surface area contributed by atoms with Crippen LogP contribution in [0, 0.1) is 6.92 Å². The third kappa shape index (κ3) is 4.82. The number of nitrogens with zero attached hydrogens (tertiary/aromatic N) is 5. The molecule has 3 heterocycles. The maximum absolute atomic E-state index is 12.7. The van der Waals surface area contributed by atoms with E-state index >= 15 is 0 Å². The van der Waals surface area contributed by atoms with Crippen LogP contribution in [0.5, 0.6) is 0 Å². The number of carbonyl (C=O) groups is 1. The number of pyridine rings is 2. The van der Waals surface area contributed by atoms with E-state index in [-0.39, 0.29) is 0 Å². The van der Waals surface area contributed by atoms with E-state index in [4.69, 9.17) is 4.74 Å². The number of rotatable bonds is 5. The molecule has 0 aromatic carbocycles. The minimum Gasteiger partial charge on any atom is -0.442 e. The number of carbonyl (C=O) groups excluding carboxylic acids is 1. The van der Waals surface area contributed by atoms with Crippen LogP contribution in [0.25, 0.3) is 5.65 Å². The van der Waals surface area contributed by atoms with Crippen molar-refractivity contribution in [3.63, 3.8) is 0 Å². The first-order chi connectivity index (χ1) is 13.7. The number of hydrogen-bond acceptors (Lipinski definition) is 6. The molecule has 0 aliphatic heterocycles. The van der Waals surface area contributed by atoms with Crippen molar-refractivity contribution in [3.05, 3.63) is 58.4 Å². The van der Waals surface area contributed by atoms with Crippen LogP contribution in [-0.4, -0.2) is 44.5 Å². The summed E-state index contributed by atoms with van der Waals surface area (Å²) in [6.07, 6.45) is 4.43. The van der Waals surface area contributed by atoms with Gasteiger partial charge in [0.05, 0.1) is 5.69 Å². The van der Waals surface area contributed by atoms with Crippen LogP contribution in [0.15, 0.2) is 41.5 Å². The summed E-state index contributed by atoms with van der Waals surface area (Å²) in [6.45, 7) is 7.90. The molecule has 154 valence electrons. The van der Waals surface area contributed by atoms with Crippen molar-refractivity contribution in [3.8, 4) is 0 Å². The molecule has 0 bridgehead atoms. The standard InChI is InChI=1S/C21H27N5O3/c1-15-13-17(24(5)12-8-10-16-9-6-7-11-22-16)18-23-26(19(27)25(18)14-15)20(28)29-21(2,3)4/h6-7,9,11,13-14H,8,10,12H2,1-5H3. The zero-order valence-corrected chi connectivity index (χ0v) is 17.5. The van der Waals surface area contributed by atoms with Gasteiger partial charge in [-0.2, -0.15) is 0 Å². The van der Waals surface area contributed by atoms with Gasteiger partial charge in [-0.1, -0.05) is 6.07 Å². The maximum atomic E-state index is 12.7. The topological polar surface area (TPSA) is 81.7 Å². The maximum Gasteiger partial charge on any atom is 0.439 e. The van der Waals surface area contributed by atoms with Crippen LogP contribution in [0.2, 0.25) is 0 Å². The molecule has 0 radical (unpaired) electrons. The van der Waals surface area contributed by atoms with E-state index in [0.29, 0.717) is 5.65 Å². The lowest BCUT2D eigenvalue weighted by Crippen LogP contribution is -2.34. The van der Waals surface area contributed by atoms with Crippen LogP contribution in [-0.2, 0) is 11.2 Å². The van der Waals surface area contributed by atoms with Crippen molar-refractivity contribution in [2.75, 3.05) is 18.5 Å². The van der Waals surface area contributed by atoms with E-state index < -0.39 is 17.4 Å². The third-order valence-electron chi connectivity index (χ3n) is 4.37. The highest BCUT2D eigenvalue weighted by atomic mass is 16.6. The second-order valence-electron chi connectivity index (χ2n) is 8.12. The monoisotopic (exact) mass is 397 g/mol. The Labute approximate surface area is 169 Å². The van der Waals surface area contributed by atoms with Crippen LogP contribution in [0.3, 0.4) is 0 Å². The molecule has 29 heavy (non-hydrogen) atoms. The van der Waals surface area contributed by atoms with E-state index in [2.05, 4.69) is 10.1 Å². The minimum atomic E-state index is -0.785. The van der Waals surface area contributed by atoms with Crippen LogP contribution >= 0.6 is 0 Å². The normalized spacial score (nSPS) is 11.6. The molecule has 0 aliphatic carbocycles. The average Bonchev–Trinajstić information content (AvgIpc) is 2.97. The van der Waals surface area contributed by atoms with Crippen molar-refractivity contribution in [2.45, 2.75) is 46.1 Å². The summed E-state index contributed by atoms with van der Waals surface area (Å²) >= 11 is 0. The zero-order chi connectivity index (χ0) is 21.2. The van der Waals surface area contributed by atoms with Crippen molar-refractivity contribution in [1.82, 2.24) is 19.2 Å². The highest BCUT2D eigenvalue weighted by Crippen LogP contribution is 2.21. The second kappa shape index (κ2) is 8.06. The molecule has 3 rings (SSSR count). The molecule has 0 aliphatic rings. The summed E-state index contributed by atoms with van der Waals surface area (Å²) in [7, 11) is 1.95. The molecule has 0 saturated heterocycles. The molecule has 0 saturated carbocycles. The molecular formula is C21H27N5O3. The highest BCUT2D eigenvalue weighted by molar-refractivity contribution is 5.74. The Morgan fingerprint density at radius 1 is 1.28 bits per heavy atom. The largest absolute Gasteiger partial charge is 0.442 e.